The van der Waals surface area contributed by atoms with Crippen LogP contribution in [0.3, 0.4) is 0 Å². The Labute approximate surface area is 142 Å². The number of anilines is 1. The number of para-hydroxylation sites is 2. The summed E-state index contributed by atoms with van der Waals surface area (Å²) in [7, 11) is 1.50. The molecule has 0 saturated carbocycles. The van der Waals surface area contributed by atoms with Crippen molar-refractivity contribution < 1.29 is 22.7 Å². The second-order valence-electron chi connectivity index (χ2n) is 4.93. The second kappa shape index (κ2) is 8.18. The van der Waals surface area contributed by atoms with Crippen molar-refractivity contribution in [1.82, 2.24) is 5.43 Å². The Bertz CT molecular complexity index is 761. The number of benzene rings is 2. The minimum absolute atomic E-state index is 0.112. The number of hydrogen-bond donors (Lipinski definition) is 2. The number of alkyl halides is 3. The van der Waals surface area contributed by atoms with Crippen LogP contribution in [-0.2, 0) is 11.0 Å². The maximum atomic E-state index is 12.8. The van der Waals surface area contributed by atoms with Gasteiger partial charge in [0.05, 0.1) is 31.1 Å². The molecule has 0 fully saturated rings. The Morgan fingerprint density at radius 3 is 2.56 bits per heavy atom. The van der Waals surface area contributed by atoms with Gasteiger partial charge in [0.1, 0.15) is 5.75 Å². The average Bonchev–Trinajstić information content (AvgIpc) is 2.59. The molecule has 0 heterocycles. The van der Waals surface area contributed by atoms with Crippen LogP contribution >= 0.6 is 0 Å². The molecule has 2 rings (SSSR count). The Kier molecular flexibility index (Phi) is 5.99. The number of amides is 1. The van der Waals surface area contributed by atoms with E-state index in [-0.39, 0.29) is 12.1 Å². The lowest BCUT2D eigenvalue weighted by molar-refractivity contribution is -0.137. The molecule has 0 saturated heterocycles. The van der Waals surface area contributed by atoms with E-state index in [1.807, 2.05) is 0 Å². The number of methoxy groups -OCH3 is 1. The quantitative estimate of drug-likeness (QED) is 0.620. The standard InChI is InChI=1S/C17H16F3N3O2/c1-25-15-9-5-4-8-14(15)21-11-16(24)23-22-10-12-6-2-3-7-13(12)17(18,19)20/h2-10,21H,11H2,1H3,(H,23,24)/b22-10-. The van der Waals surface area contributed by atoms with Gasteiger partial charge >= 0.3 is 6.18 Å². The molecule has 2 aromatic carbocycles. The van der Waals surface area contributed by atoms with Crippen molar-refractivity contribution in [2.75, 3.05) is 19.0 Å². The lowest BCUT2D eigenvalue weighted by Crippen LogP contribution is -2.26. The number of hydrogen-bond acceptors (Lipinski definition) is 4. The van der Waals surface area contributed by atoms with Gasteiger partial charge in [-0.3, -0.25) is 4.79 Å². The maximum absolute atomic E-state index is 12.8. The van der Waals surface area contributed by atoms with Gasteiger partial charge in [-0.1, -0.05) is 30.3 Å². The van der Waals surface area contributed by atoms with Gasteiger partial charge in [-0.2, -0.15) is 18.3 Å². The summed E-state index contributed by atoms with van der Waals surface area (Å²) >= 11 is 0. The zero-order chi connectivity index (χ0) is 18.3. The van der Waals surface area contributed by atoms with Crippen molar-refractivity contribution >= 4 is 17.8 Å². The van der Waals surface area contributed by atoms with E-state index in [4.69, 9.17) is 4.74 Å². The van der Waals surface area contributed by atoms with E-state index in [1.54, 1.807) is 24.3 Å². The highest BCUT2D eigenvalue weighted by atomic mass is 19.4. The molecule has 0 aliphatic rings. The normalized spacial score (nSPS) is 11.4. The Morgan fingerprint density at radius 2 is 1.84 bits per heavy atom. The van der Waals surface area contributed by atoms with E-state index in [1.165, 1.54) is 25.3 Å². The van der Waals surface area contributed by atoms with Crippen molar-refractivity contribution in [2.45, 2.75) is 6.18 Å². The van der Waals surface area contributed by atoms with Crippen LogP contribution in [0.15, 0.2) is 53.6 Å². The summed E-state index contributed by atoms with van der Waals surface area (Å²) in [5.74, 6) is 0.0598. The van der Waals surface area contributed by atoms with E-state index in [2.05, 4.69) is 15.8 Å². The van der Waals surface area contributed by atoms with Crippen LogP contribution in [0.2, 0.25) is 0 Å². The third kappa shape index (κ3) is 5.23. The molecule has 1 amide bonds. The van der Waals surface area contributed by atoms with E-state index >= 15 is 0 Å². The molecule has 0 bridgehead atoms. The van der Waals surface area contributed by atoms with Crippen LogP contribution in [0.4, 0.5) is 18.9 Å². The minimum Gasteiger partial charge on any atom is -0.495 e. The fourth-order valence-electron chi connectivity index (χ4n) is 2.05. The molecule has 0 spiro atoms. The number of carbonyl (C=O) groups excluding carboxylic acids is 1. The number of nitrogens with one attached hydrogen (secondary N) is 2. The third-order valence-electron chi connectivity index (χ3n) is 3.21. The van der Waals surface area contributed by atoms with Crippen LogP contribution in [0.25, 0.3) is 0 Å². The van der Waals surface area contributed by atoms with Crippen LogP contribution < -0.4 is 15.5 Å². The van der Waals surface area contributed by atoms with Crippen molar-refractivity contribution in [3.8, 4) is 5.75 Å². The van der Waals surface area contributed by atoms with Crippen LogP contribution in [0.1, 0.15) is 11.1 Å². The molecule has 25 heavy (non-hydrogen) atoms. The average molecular weight is 351 g/mol. The van der Waals surface area contributed by atoms with Crippen molar-refractivity contribution in [2.24, 2.45) is 5.10 Å². The first-order chi connectivity index (χ1) is 11.9. The molecule has 2 N–H and O–H groups in total. The molecule has 0 radical (unpaired) electrons. The van der Waals surface area contributed by atoms with Gasteiger partial charge in [-0.05, 0) is 18.2 Å². The predicted octanol–water partition coefficient (Wildman–Crippen LogP) is 3.28. The van der Waals surface area contributed by atoms with Gasteiger partial charge in [-0.25, -0.2) is 5.43 Å². The Morgan fingerprint density at radius 1 is 1.16 bits per heavy atom. The lowest BCUT2D eigenvalue weighted by atomic mass is 10.1. The summed E-state index contributed by atoms with van der Waals surface area (Å²) in [6.07, 6.45) is -3.53. The van der Waals surface area contributed by atoms with E-state index < -0.39 is 17.6 Å². The summed E-state index contributed by atoms with van der Waals surface area (Å²) in [6, 6.07) is 12.0. The first-order valence-electron chi connectivity index (χ1n) is 7.27. The fraction of sp³-hybridized carbons (Fsp3) is 0.176. The molecular formula is C17H16F3N3O2. The second-order valence-corrected chi connectivity index (χ2v) is 4.93. The minimum atomic E-state index is -4.49. The zero-order valence-electron chi connectivity index (χ0n) is 13.3. The van der Waals surface area contributed by atoms with Crippen molar-refractivity contribution in [3.63, 3.8) is 0 Å². The number of ether oxygens (including phenoxy) is 1. The van der Waals surface area contributed by atoms with Crippen LogP contribution in [0, 0.1) is 0 Å². The van der Waals surface area contributed by atoms with E-state index in [0.29, 0.717) is 11.4 Å². The first-order valence-corrected chi connectivity index (χ1v) is 7.27. The zero-order valence-corrected chi connectivity index (χ0v) is 13.3. The monoisotopic (exact) mass is 351 g/mol. The molecule has 8 heteroatoms. The van der Waals surface area contributed by atoms with Gasteiger partial charge in [0.25, 0.3) is 5.91 Å². The van der Waals surface area contributed by atoms with Gasteiger partial charge in [0, 0.05) is 5.56 Å². The first kappa shape index (κ1) is 18.3. The Balaban J connectivity index is 1.93. The SMILES string of the molecule is COc1ccccc1NCC(=O)N/N=C\c1ccccc1C(F)(F)F. The number of carbonyl (C=O) groups is 1. The number of halogens is 3. The smallest absolute Gasteiger partial charge is 0.417 e. The summed E-state index contributed by atoms with van der Waals surface area (Å²) in [5, 5.41) is 6.43. The molecule has 5 nitrogen and oxygen atoms in total. The molecule has 0 unspecified atom stereocenters. The topological polar surface area (TPSA) is 62.7 Å². The highest BCUT2D eigenvalue weighted by Crippen LogP contribution is 2.31. The Hall–Kier alpha value is -3.03. The molecular weight excluding hydrogens is 335 g/mol. The third-order valence-corrected chi connectivity index (χ3v) is 3.21. The maximum Gasteiger partial charge on any atom is 0.417 e. The van der Waals surface area contributed by atoms with Gasteiger partial charge in [0.15, 0.2) is 0 Å². The number of nitrogens with zero attached hydrogens (tertiary/aromatic N) is 1. The summed E-state index contributed by atoms with van der Waals surface area (Å²) < 4.78 is 43.7. The summed E-state index contributed by atoms with van der Waals surface area (Å²) in [5.41, 5.74) is 1.84. The molecule has 0 aromatic heterocycles. The molecule has 2 aromatic rings. The van der Waals surface area contributed by atoms with Crippen molar-refractivity contribution in [3.05, 3.63) is 59.7 Å². The fourth-order valence-corrected chi connectivity index (χ4v) is 2.05. The van der Waals surface area contributed by atoms with Crippen LogP contribution in [0.5, 0.6) is 5.75 Å². The van der Waals surface area contributed by atoms with Gasteiger partial charge < -0.3 is 10.1 Å². The highest BCUT2D eigenvalue weighted by molar-refractivity contribution is 5.85. The summed E-state index contributed by atoms with van der Waals surface area (Å²) in [4.78, 5) is 11.7. The molecule has 0 aliphatic heterocycles. The number of hydrazone groups is 1. The predicted molar refractivity (Wildman–Crippen MR) is 88.7 cm³/mol. The van der Waals surface area contributed by atoms with E-state index in [0.717, 1.165) is 12.3 Å². The summed E-state index contributed by atoms with van der Waals surface area (Å²) in [6.45, 7) is -0.112. The molecule has 0 aliphatic carbocycles. The van der Waals surface area contributed by atoms with Gasteiger partial charge in [0.2, 0.25) is 0 Å². The van der Waals surface area contributed by atoms with E-state index in [9.17, 15) is 18.0 Å². The number of rotatable bonds is 6. The van der Waals surface area contributed by atoms with Crippen molar-refractivity contribution in [1.29, 1.82) is 0 Å². The van der Waals surface area contributed by atoms with Crippen LogP contribution in [-0.4, -0.2) is 25.8 Å². The largest absolute Gasteiger partial charge is 0.495 e. The molecule has 0 atom stereocenters. The highest BCUT2D eigenvalue weighted by Gasteiger charge is 2.32. The molecule has 132 valence electrons. The van der Waals surface area contributed by atoms with Gasteiger partial charge in [-0.15, -0.1) is 0 Å². The lowest BCUT2D eigenvalue weighted by Gasteiger charge is -2.10.